The molecule has 1 saturated heterocycles. The molecule has 2 rings (SSSR count). The molecule has 1 aliphatic heterocycles. The molecule has 124 valence electrons. The van der Waals surface area contributed by atoms with Crippen molar-refractivity contribution in [1.82, 2.24) is 4.31 Å². The van der Waals surface area contributed by atoms with Gasteiger partial charge < -0.3 is 5.73 Å². The summed E-state index contributed by atoms with van der Waals surface area (Å²) in [5.74, 6) is 0. The number of rotatable bonds is 2. The van der Waals surface area contributed by atoms with Crippen molar-refractivity contribution in [2.24, 2.45) is 5.73 Å². The number of nitrogens with zero attached hydrogens (tertiary/aromatic N) is 1. The van der Waals surface area contributed by atoms with Gasteiger partial charge in [-0.2, -0.15) is 17.5 Å². The predicted molar refractivity (Wildman–Crippen MR) is 77.0 cm³/mol. The maximum Gasteiger partial charge on any atom is 0.417 e. The number of piperidine rings is 1. The van der Waals surface area contributed by atoms with Gasteiger partial charge in [-0.25, -0.2) is 8.42 Å². The van der Waals surface area contributed by atoms with Crippen LogP contribution < -0.4 is 5.73 Å². The lowest BCUT2D eigenvalue weighted by Crippen LogP contribution is -2.48. The second kappa shape index (κ2) is 5.99. The molecule has 2 unspecified atom stereocenters. The van der Waals surface area contributed by atoms with Gasteiger partial charge in [0.1, 0.15) is 4.90 Å². The van der Waals surface area contributed by atoms with Crippen LogP contribution in [0.25, 0.3) is 0 Å². The molecule has 4 nitrogen and oxygen atoms in total. The highest BCUT2D eigenvalue weighted by molar-refractivity contribution is 7.89. The van der Waals surface area contributed by atoms with Gasteiger partial charge in [-0.05, 0) is 31.9 Å². The van der Waals surface area contributed by atoms with Gasteiger partial charge in [-0.15, -0.1) is 0 Å². The fourth-order valence-corrected chi connectivity index (χ4v) is 5.04. The molecule has 2 atom stereocenters. The summed E-state index contributed by atoms with van der Waals surface area (Å²) >= 11 is 5.79. The number of hydrogen-bond acceptors (Lipinski definition) is 3. The van der Waals surface area contributed by atoms with E-state index in [1.165, 1.54) is 0 Å². The molecule has 22 heavy (non-hydrogen) atoms. The van der Waals surface area contributed by atoms with Crippen LogP contribution >= 0.6 is 11.6 Å². The Kier molecular flexibility index (Phi) is 4.77. The van der Waals surface area contributed by atoms with Crippen LogP contribution in [-0.2, 0) is 16.2 Å². The molecular weight excluding hydrogens is 341 g/mol. The Hall–Kier alpha value is -0.830. The Morgan fingerprint density at radius 3 is 2.55 bits per heavy atom. The van der Waals surface area contributed by atoms with Gasteiger partial charge in [0, 0.05) is 18.6 Å². The highest BCUT2D eigenvalue weighted by atomic mass is 35.5. The molecule has 1 heterocycles. The summed E-state index contributed by atoms with van der Waals surface area (Å²) < 4.78 is 65.8. The normalized spacial score (nSPS) is 24.5. The van der Waals surface area contributed by atoms with E-state index in [2.05, 4.69) is 0 Å². The topological polar surface area (TPSA) is 63.4 Å². The van der Waals surface area contributed by atoms with Crippen LogP contribution in [0.5, 0.6) is 0 Å². The number of nitrogens with two attached hydrogens (primary N) is 1. The molecule has 9 heteroatoms. The molecule has 1 fully saturated rings. The highest BCUT2D eigenvalue weighted by Crippen LogP contribution is 2.39. The third kappa shape index (κ3) is 3.24. The minimum atomic E-state index is -4.80. The van der Waals surface area contributed by atoms with Crippen molar-refractivity contribution in [2.75, 3.05) is 6.54 Å². The monoisotopic (exact) mass is 356 g/mol. The highest BCUT2D eigenvalue weighted by Gasteiger charge is 2.42. The van der Waals surface area contributed by atoms with E-state index in [1.54, 1.807) is 6.92 Å². The maximum atomic E-state index is 13.1. The van der Waals surface area contributed by atoms with E-state index >= 15 is 0 Å². The maximum absolute atomic E-state index is 13.1. The molecule has 0 aliphatic carbocycles. The Bertz CT molecular complexity index is 664. The van der Waals surface area contributed by atoms with Crippen molar-refractivity contribution in [1.29, 1.82) is 0 Å². The van der Waals surface area contributed by atoms with E-state index in [4.69, 9.17) is 17.3 Å². The third-order valence-corrected chi connectivity index (χ3v) is 6.24. The number of alkyl halides is 3. The summed E-state index contributed by atoms with van der Waals surface area (Å²) in [6, 6.07) is 2.31. The van der Waals surface area contributed by atoms with E-state index in [0.717, 1.165) is 22.5 Å². The molecular formula is C13H16ClF3N2O2S. The Morgan fingerprint density at radius 2 is 2.00 bits per heavy atom. The lowest BCUT2D eigenvalue weighted by molar-refractivity contribution is -0.139. The first-order chi connectivity index (χ1) is 10.0. The van der Waals surface area contributed by atoms with E-state index in [9.17, 15) is 21.6 Å². The van der Waals surface area contributed by atoms with E-state index in [1.807, 2.05) is 0 Å². The quantitative estimate of drug-likeness (QED) is 0.886. The van der Waals surface area contributed by atoms with Crippen LogP contribution in [0.3, 0.4) is 0 Å². The molecule has 1 aliphatic rings. The van der Waals surface area contributed by atoms with Crippen LogP contribution in [0, 0.1) is 0 Å². The van der Waals surface area contributed by atoms with Crippen molar-refractivity contribution in [3.8, 4) is 0 Å². The molecule has 0 spiro atoms. The number of halogens is 4. The molecule has 0 aromatic heterocycles. The lowest BCUT2D eigenvalue weighted by atomic mass is 10.0. The van der Waals surface area contributed by atoms with Crippen molar-refractivity contribution < 1.29 is 21.6 Å². The summed E-state index contributed by atoms with van der Waals surface area (Å²) in [4.78, 5) is -0.883. The standard InChI is InChI=1S/C13H16ClF3N2O2S/c1-8-7-9(18)5-6-19(8)22(20,21)12-10(13(15,16)17)3-2-4-11(12)14/h2-4,8-9H,5-7,18H2,1H3. The van der Waals surface area contributed by atoms with Gasteiger partial charge in [0.05, 0.1) is 10.6 Å². The SMILES string of the molecule is CC1CC(N)CCN1S(=O)(=O)c1c(Cl)cccc1C(F)(F)F. The van der Waals surface area contributed by atoms with Crippen LogP contribution in [0.2, 0.25) is 5.02 Å². The second-order valence-electron chi connectivity index (χ2n) is 5.36. The van der Waals surface area contributed by atoms with Crippen molar-refractivity contribution >= 4 is 21.6 Å². The van der Waals surface area contributed by atoms with Gasteiger partial charge in [0.25, 0.3) is 0 Å². The lowest BCUT2D eigenvalue weighted by Gasteiger charge is -2.35. The number of sulfonamides is 1. The van der Waals surface area contributed by atoms with Crippen molar-refractivity contribution in [3.63, 3.8) is 0 Å². The van der Waals surface area contributed by atoms with Crippen LogP contribution in [0.4, 0.5) is 13.2 Å². The van der Waals surface area contributed by atoms with Crippen LogP contribution in [0.1, 0.15) is 25.3 Å². The first kappa shape index (κ1) is 17.5. The summed E-state index contributed by atoms with van der Waals surface area (Å²) in [7, 11) is -4.35. The predicted octanol–water partition coefficient (Wildman–Crippen LogP) is 2.86. The second-order valence-corrected chi connectivity index (χ2v) is 7.60. The summed E-state index contributed by atoms with van der Waals surface area (Å²) in [6.07, 6.45) is -4.01. The molecule has 0 saturated carbocycles. The Balaban J connectivity index is 2.55. The smallest absolute Gasteiger partial charge is 0.328 e. The molecule has 2 N–H and O–H groups in total. The minimum Gasteiger partial charge on any atom is -0.328 e. The zero-order chi connectivity index (χ0) is 16.7. The number of benzene rings is 1. The van der Waals surface area contributed by atoms with Gasteiger partial charge in [-0.1, -0.05) is 17.7 Å². The molecule has 0 bridgehead atoms. The van der Waals surface area contributed by atoms with E-state index in [-0.39, 0.29) is 12.6 Å². The Morgan fingerprint density at radius 1 is 1.36 bits per heavy atom. The first-order valence-corrected chi connectivity index (χ1v) is 8.50. The largest absolute Gasteiger partial charge is 0.417 e. The zero-order valence-electron chi connectivity index (χ0n) is 11.8. The van der Waals surface area contributed by atoms with Gasteiger partial charge >= 0.3 is 6.18 Å². The summed E-state index contributed by atoms with van der Waals surface area (Å²) in [6.45, 7) is 1.70. The summed E-state index contributed by atoms with van der Waals surface area (Å²) in [5, 5.41) is -0.433. The fourth-order valence-electron chi connectivity index (χ4n) is 2.66. The van der Waals surface area contributed by atoms with Crippen molar-refractivity contribution in [2.45, 2.75) is 42.9 Å². The summed E-state index contributed by atoms with van der Waals surface area (Å²) in [5.41, 5.74) is 4.52. The van der Waals surface area contributed by atoms with Gasteiger partial charge in [-0.3, -0.25) is 0 Å². The molecule has 1 aromatic carbocycles. The average Bonchev–Trinajstić information content (AvgIpc) is 2.36. The third-order valence-electron chi connectivity index (χ3n) is 3.69. The molecule has 0 amide bonds. The Labute approximate surface area is 132 Å². The first-order valence-electron chi connectivity index (χ1n) is 6.68. The zero-order valence-corrected chi connectivity index (χ0v) is 13.3. The van der Waals surface area contributed by atoms with Gasteiger partial charge in [0.15, 0.2) is 0 Å². The number of hydrogen-bond donors (Lipinski definition) is 1. The van der Waals surface area contributed by atoms with E-state index < -0.39 is 37.7 Å². The molecule has 0 radical (unpaired) electrons. The van der Waals surface area contributed by atoms with Crippen LogP contribution in [-0.4, -0.2) is 31.4 Å². The molecule has 1 aromatic rings. The van der Waals surface area contributed by atoms with E-state index in [0.29, 0.717) is 12.8 Å². The average molecular weight is 357 g/mol. The van der Waals surface area contributed by atoms with Gasteiger partial charge in [0.2, 0.25) is 10.0 Å². The van der Waals surface area contributed by atoms with Crippen molar-refractivity contribution in [3.05, 3.63) is 28.8 Å². The minimum absolute atomic E-state index is 0.0766. The van der Waals surface area contributed by atoms with Crippen LogP contribution in [0.15, 0.2) is 23.1 Å². The fraction of sp³-hybridized carbons (Fsp3) is 0.538.